The van der Waals surface area contributed by atoms with Crippen molar-refractivity contribution in [1.29, 1.82) is 5.26 Å². The number of hydrogen-bond donors (Lipinski definition) is 0. The Morgan fingerprint density at radius 3 is 2.86 bits per heavy atom. The van der Waals surface area contributed by atoms with E-state index in [0.717, 1.165) is 19.3 Å². The fraction of sp³-hybridized carbons (Fsp3) is 0.455. The summed E-state index contributed by atoms with van der Waals surface area (Å²) in [6, 6.07) is 4.02. The summed E-state index contributed by atoms with van der Waals surface area (Å²) in [6.45, 7) is 4.60. The van der Waals surface area contributed by atoms with Gasteiger partial charge in [0.1, 0.15) is 0 Å². The molecule has 0 aliphatic rings. The molecule has 0 N–H and O–H groups in total. The molecule has 0 atom stereocenters. The van der Waals surface area contributed by atoms with Crippen LogP contribution in [-0.4, -0.2) is 10.9 Å². The quantitative estimate of drug-likeness (QED) is 0.683. The van der Waals surface area contributed by atoms with Crippen molar-refractivity contribution in [3.8, 4) is 6.07 Å². The van der Waals surface area contributed by atoms with Gasteiger partial charge in [0.05, 0.1) is 11.5 Å². The lowest BCUT2D eigenvalue weighted by Gasteiger charge is -2.14. The lowest BCUT2D eigenvalue weighted by molar-refractivity contribution is 0.112. The molecule has 14 heavy (non-hydrogen) atoms. The number of rotatable bonds is 4. The molecule has 0 aliphatic carbocycles. The zero-order valence-electron chi connectivity index (χ0n) is 8.53. The highest BCUT2D eigenvalue weighted by molar-refractivity contribution is 5.74. The molecule has 0 saturated carbocycles. The summed E-state index contributed by atoms with van der Waals surface area (Å²) in [7, 11) is 0. The second-order valence-corrected chi connectivity index (χ2v) is 4.05. The molecule has 0 aromatic carbocycles. The third kappa shape index (κ3) is 2.74. The van der Waals surface area contributed by atoms with E-state index in [0.29, 0.717) is 5.56 Å². The molecular weight excluding hydrogens is 176 g/mol. The average Bonchev–Trinajstić information content (AvgIpc) is 2.63. The lowest BCUT2D eigenvalue weighted by Crippen LogP contribution is -2.11. The first-order valence-corrected chi connectivity index (χ1v) is 4.59. The van der Waals surface area contributed by atoms with Crippen LogP contribution >= 0.6 is 0 Å². The Bertz CT molecular complexity index is 358. The minimum atomic E-state index is -0.300. The highest BCUT2D eigenvalue weighted by atomic mass is 16.1. The monoisotopic (exact) mass is 190 g/mol. The summed E-state index contributed by atoms with van der Waals surface area (Å²) in [5, 5.41) is 8.81. The topological polar surface area (TPSA) is 45.8 Å². The summed E-state index contributed by atoms with van der Waals surface area (Å²) < 4.78 is 1.93. The number of nitriles is 1. The van der Waals surface area contributed by atoms with Crippen molar-refractivity contribution < 1.29 is 4.79 Å². The fourth-order valence-electron chi connectivity index (χ4n) is 1.13. The van der Waals surface area contributed by atoms with Crippen molar-refractivity contribution in [2.75, 3.05) is 0 Å². The molecule has 0 spiro atoms. The molecule has 0 bridgehead atoms. The van der Waals surface area contributed by atoms with Crippen LogP contribution in [0.5, 0.6) is 0 Å². The second-order valence-electron chi connectivity index (χ2n) is 4.05. The van der Waals surface area contributed by atoms with E-state index in [4.69, 9.17) is 5.26 Å². The van der Waals surface area contributed by atoms with Gasteiger partial charge < -0.3 is 4.57 Å². The molecule has 1 aromatic heterocycles. The van der Waals surface area contributed by atoms with E-state index in [9.17, 15) is 4.79 Å². The predicted octanol–water partition coefficient (Wildman–Crippen LogP) is 2.24. The highest BCUT2D eigenvalue weighted by Gasteiger charge is 2.15. The minimum absolute atomic E-state index is 0.300. The zero-order valence-corrected chi connectivity index (χ0v) is 8.53. The second kappa shape index (κ2) is 4.10. The van der Waals surface area contributed by atoms with Crippen molar-refractivity contribution in [3.05, 3.63) is 24.0 Å². The maximum absolute atomic E-state index is 10.4. The van der Waals surface area contributed by atoms with Crippen molar-refractivity contribution >= 4 is 6.29 Å². The Labute approximate surface area is 84.0 Å². The lowest BCUT2D eigenvalue weighted by atomic mass is 9.91. The number of aldehydes is 1. The van der Waals surface area contributed by atoms with Gasteiger partial charge in [0.2, 0.25) is 0 Å². The molecule has 0 aliphatic heterocycles. The number of carbonyl (C=O) groups is 1. The summed E-state index contributed by atoms with van der Waals surface area (Å²) in [4.78, 5) is 10.4. The van der Waals surface area contributed by atoms with Gasteiger partial charge in [-0.25, -0.2) is 0 Å². The molecule has 74 valence electrons. The van der Waals surface area contributed by atoms with Crippen molar-refractivity contribution in [2.24, 2.45) is 5.41 Å². The van der Waals surface area contributed by atoms with Crippen LogP contribution in [0.25, 0.3) is 0 Å². The molecule has 3 heteroatoms. The van der Waals surface area contributed by atoms with Crippen LogP contribution in [0.3, 0.4) is 0 Å². The summed E-state index contributed by atoms with van der Waals surface area (Å²) in [6.07, 6.45) is 5.26. The standard InChI is InChI=1S/C11H14N2O/c1-11(2,9-12)4-6-13-5-3-10(7-13)8-14/h3,5,7-8H,4,6H2,1-2H3. The van der Waals surface area contributed by atoms with Crippen molar-refractivity contribution in [2.45, 2.75) is 26.8 Å². The van der Waals surface area contributed by atoms with E-state index in [1.165, 1.54) is 0 Å². The number of aromatic nitrogens is 1. The maximum Gasteiger partial charge on any atom is 0.151 e. The molecule has 0 radical (unpaired) electrons. The van der Waals surface area contributed by atoms with E-state index >= 15 is 0 Å². The average molecular weight is 190 g/mol. The summed E-state index contributed by atoms with van der Waals surface area (Å²) in [5.74, 6) is 0. The molecule has 0 fully saturated rings. The summed E-state index contributed by atoms with van der Waals surface area (Å²) >= 11 is 0. The van der Waals surface area contributed by atoms with Crippen LogP contribution in [0.2, 0.25) is 0 Å². The first-order valence-electron chi connectivity index (χ1n) is 4.59. The first kappa shape index (κ1) is 10.5. The molecular formula is C11H14N2O. The van der Waals surface area contributed by atoms with Crippen LogP contribution in [0.15, 0.2) is 18.5 Å². The third-order valence-corrected chi connectivity index (χ3v) is 2.21. The van der Waals surface area contributed by atoms with Crippen molar-refractivity contribution in [1.82, 2.24) is 4.57 Å². The molecule has 0 unspecified atom stereocenters. The van der Waals surface area contributed by atoms with E-state index < -0.39 is 0 Å². The van der Waals surface area contributed by atoms with Gasteiger partial charge in [0, 0.05) is 24.5 Å². The van der Waals surface area contributed by atoms with Crippen LogP contribution in [0.1, 0.15) is 30.6 Å². The molecule has 0 saturated heterocycles. The van der Waals surface area contributed by atoms with Gasteiger partial charge in [-0.15, -0.1) is 0 Å². The van der Waals surface area contributed by atoms with Crippen LogP contribution in [0.4, 0.5) is 0 Å². The SMILES string of the molecule is CC(C)(C#N)CCn1ccc(C=O)c1. The number of nitrogens with zero attached hydrogens (tertiary/aromatic N) is 2. The Morgan fingerprint density at radius 1 is 1.64 bits per heavy atom. The van der Waals surface area contributed by atoms with E-state index in [2.05, 4.69) is 6.07 Å². The minimum Gasteiger partial charge on any atom is -0.353 e. The van der Waals surface area contributed by atoms with Gasteiger partial charge in [-0.1, -0.05) is 0 Å². The number of carbonyl (C=O) groups excluding carboxylic acids is 1. The Hall–Kier alpha value is -1.56. The maximum atomic E-state index is 10.4. The number of hydrogen-bond acceptors (Lipinski definition) is 2. The van der Waals surface area contributed by atoms with Crippen LogP contribution in [-0.2, 0) is 6.54 Å². The Morgan fingerprint density at radius 2 is 2.36 bits per heavy atom. The van der Waals surface area contributed by atoms with E-state index in [1.807, 2.05) is 24.6 Å². The zero-order chi connectivity index (χ0) is 10.6. The van der Waals surface area contributed by atoms with E-state index in [1.54, 1.807) is 12.3 Å². The molecule has 1 aromatic rings. The predicted molar refractivity (Wildman–Crippen MR) is 53.8 cm³/mol. The van der Waals surface area contributed by atoms with Crippen molar-refractivity contribution in [3.63, 3.8) is 0 Å². The Kier molecular flexibility index (Phi) is 3.08. The first-order chi connectivity index (χ1) is 6.57. The highest BCUT2D eigenvalue weighted by Crippen LogP contribution is 2.19. The van der Waals surface area contributed by atoms with Crippen LogP contribution in [0, 0.1) is 16.7 Å². The third-order valence-electron chi connectivity index (χ3n) is 2.21. The summed E-state index contributed by atoms with van der Waals surface area (Å²) in [5.41, 5.74) is 0.380. The molecule has 3 nitrogen and oxygen atoms in total. The van der Waals surface area contributed by atoms with Gasteiger partial charge in [0.15, 0.2) is 6.29 Å². The van der Waals surface area contributed by atoms with Gasteiger partial charge >= 0.3 is 0 Å². The van der Waals surface area contributed by atoms with Gasteiger partial charge in [-0.3, -0.25) is 4.79 Å². The van der Waals surface area contributed by atoms with Crippen LogP contribution < -0.4 is 0 Å². The number of aryl methyl sites for hydroxylation is 1. The molecule has 1 heterocycles. The molecule has 1 rings (SSSR count). The van der Waals surface area contributed by atoms with E-state index in [-0.39, 0.29) is 5.41 Å². The molecule has 0 amide bonds. The smallest absolute Gasteiger partial charge is 0.151 e. The van der Waals surface area contributed by atoms with Gasteiger partial charge in [-0.2, -0.15) is 5.26 Å². The fourth-order valence-corrected chi connectivity index (χ4v) is 1.13. The largest absolute Gasteiger partial charge is 0.353 e. The van der Waals surface area contributed by atoms with Gasteiger partial charge in [-0.05, 0) is 26.3 Å². The Balaban J connectivity index is 2.54. The van der Waals surface area contributed by atoms with Gasteiger partial charge in [0.25, 0.3) is 0 Å². The normalized spacial score (nSPS) is 10.9.